The molecule has 3 aliphatic carbocycles. The molecule has 3 unspecified atom stereocenters. The van der Waals surface area contributed by atoms with Crippen LogP contribution in [0.1, 0.15) is 41.7 Å². The second-order valence-corrected chi connectivity index (χ2v) is 10.1. The Balaban J connectivity index is 1.10. The Bertz CT molecular complexity index is 1050. The van der Waals surface area contributed by atoms with Gasteiger partial charge < -0.3 is 15.5 Å². The van der Waals surface area contributed by atoms with Gasteiger partial charge in [-0.1, -0.05) is 18.2 Å². The van der Waals surface area contributed by atoms with Crippen molar-refractivity contribution < 1.29 is 9.59 Å². The number of amides is 2. The average Bonchev–Trinajstić information content (AvgIpc) is 2.85. The van der Waals surface area contributed by atoms with Crippen LogP contribution in [0.3, 0.4) is 0 Å². The molecule has 3 saturated carbocycles. The monoisotopic (exact) mass is 445 g/mol. The van der Waals surface area contributed by atoms with Gasteiger partial charge in [-0.3, -0.25) is 19.5 Å². The maximum atomic E-state index is 13.5. The predicted molar refractivity (Wildman–Crippen MR) is 125 cm³/mol. The van der Waals surface area contributed by atoms with Gasteiger partial charge in [0.1, 0.15) is 5.66 Å². The molecule has 7 nitrogen and oxygen atoms in total. The summed E-state index contributed by atoms with van der Waals surface area (Å²) in [4.78, 5) is 35.2. The number of nitrogens with zero attached hydrogens (tertiary/aromatic N) is 3. The summed E-state index contributed by atoms with van der Waals surface area (Å²) in [6.07, 6.45) is 5.65. The molecule has 1 spiro atoms. The van der Waals surface area contributed by atoms with Gasteiger partial charge in [0.15, 0.2) is 0 Å². The molecule has 172 valence electrons. The lowest BCUT2D eigenvalue weighted by molar-refractivity contribution is -0.145. The standard InChI is InChI=1S/C26H31N5O2/c32-24-21-6-1-2-7-23(21)28-26(29-24)16-18-8-9-19(26)15-22(18)25(33)31-13-11-30(12-14-31)17-20-5-3-4-10-27-20/h1-7,10,18-19,22,28H,8-9,11-17H2,(H,29,32)/t18?,19?,22?,26-/m1/s1. The van der Waals surface area contributed by atoms with Crippen molar-refractivity contribution in [2.75, 3.05) is 31.5 Å². The van der Waals surface area contributed by atoms with E-state index in [0.717, 1.165) is 69.8 Å². The number of benzene rings is 1. The molecule has 4 fully saturated rings. The largest absolute Gasteiger partial charge is 0.362 e. The molecule has 2 aromatic rings. The van der Waals surface area contributed by atoms with E-state index in [-0.39, 0.29) is 17.7 Å². The normalized spacial score (nSPS) is 31.1. The zero-order valence-electron chi connectivity index (χ0n) is 18.9. The van der Waals surface area contributed by atoms with Crippen molar-refractivity contribution in [3.63, 3.8) is 0 Å². The van der Waals surface area contributed by atoms with E-state index in [9.17, 15) is 9.59 Å². The lowest BCUT2D eigenvalue weighted by Crippen LogP contribution is -2.68. The summed E-state index contributed by atoms with van der Waals surface area (Å²) in [6, 6.07) is 13.7. The van der Waals surface area contributed by atoms with Crippen molar-refractivity contribution in [3.05, 3.63) is 59.9 Å². The van der Waals surface area contributed by atoms with Gasteiger partial charge in [-0.05, 0) is 55.9 Å². The molecule has 33 heavy (non-hydrogen) atoms. The number of pyridine rings is 1. The van der Waals surface area contributed by atoms with Crippen LogP contribution < -0.4 is 10.6 Å². The summed E-state index contributed by atoms with van der Waals surface area (Å²) in [5, 5.41) is 6.97. The summed E-state index contributed by atoms with van der Waals surface area (Å²) >= 11 is 0. The first-order valence-electron chi connectivity index (χ1n) is 12.2. The summed E-state index contributed by atoms with van der Waals surface area (Å²) in [6.45, 7) is 4.19. The first-order valence-corrected chi connectivity index (χ1v) is 12.2. The van der Waals surface area contributed by atoms with Crippen molar-refractivity contribution >= 4 is 17.5 Å². The minimum atomic E-state index is -0.410. The third-order valence-corrected chi connectivity index (χ3v) is 8.25. The Morgan fingerprint density at radius 2 is 1.85 bits per heavy atom. The van der Waals surface area contributed by atoms with Gasteiger partial charge >= 0.3 is 0 Å². The number of carbonyl (C=O) groups is 2. The molecule has 2 bridgehead atoms. The smallest absolute Gasteiger partial charge is 0.255 e. The highest BCUT2D eigenvalue weighted by atomic mass is 16.2. The van der Waals surface area contributed by atoms with E-state index < -0.39 is 5.66 Å². The fourth-order valence-electron chi connectivity index (χ4n) is 6.53. The van der Waals surface area contributed by atoms with E-state index in [1.165, 1.54) is 0 Å². The van der Waals surface area contributed by atoms with E-state index in [0.29, 0.717) is 17.4 Å². The fourth-order valence-corrected chi connectivity index (χ4v) is 6.53. The molecule has 7 rings (SSSR count). The van der Waals surface area contributed by atoms with Gasteiger partial charge in [0.05, 0.1) is 11.3 Å². The summed E-state index contributed by atoms with van der Waals surface area (Å²) < 4.78 is 0. The van der Waals surface area contributed by atoms with Crippen LogP contribution in [0.4, 0.5) is 5.69 Å². The molecule has 0 radical (unpaired) electrons. The van der Waals surface area contributed by atoms with Gasteiger partial charge in [-0.25, -0.2) is 0 Å². The Labute approximate surface area is 194 Å². The zero-order valence-corrected chi connectivity index (χ0v) is 18.9. The highest BCUT2D eigenvalue weighted by Gasteiger charge is 2.55. The summed E-state index contributed by atoms with van der Waals surface area (Å²) in [5.74, 6) is 0.988. The van der Waals surface area contributed by atoms with E-state index in [1.54, 1.807) is 0 Å². The van der Waals surface area contributed by atoms with Crippen LogP contribution in [0.15, 0.2) is 48.7 Å². The Morgan fingerprint density at radius 1 is 1.03 bits per heavy atom. The molecule has 2 N–H and O–H groups in total. The average molecular weight is 446 g/mol. The topological polar surface area (TPSA) is 77.6 Å². The van der Waals surface area contributed by atoms with Gasteiger partial charge in [-0.15, -0.1) is 0 Å². The van der Waals surface area contributed by atoms with E-state index in [2.05, 4.69) is 31.5 Å². The van der Waals surface area contributed by atoms with Gasteiger partial charge in [-0.2, -0.15) is 0 Å². The second-order valence-electron chi connectivity index (χ2n) is 10.1. The summed E-state index contributed by atoms with van der Waals surface area (Å²) in [5.41, 5.74) is 2.30. The van der Waals surface area contributed by atoms with Gasteiger partial charge in [0, 0.05) is 56.4 Å². The second kappa shape index (κ2) is 8.13. The van der Waals surface area contributed by atoms with Crippen molar-refractivity contribution in [1.82, 2.24) is 20.1 Å². The van der Waals surface area contributed by atoms with Crippen molar-refractivity contribution in [2.45, 2.75) is 37.9 Å². The van der Waals surface area contributed by atoms with Crippen LogP contribution in [0, 0.1) is 17.8 Å². The molecule has 1 saturated heterocycles. The fraction of sp³-hybridized carbons (Fsp3) is 0.500. The van der Waals surface area contributed by atoms with E-state index in [4.69, 9.17) is 0 Å². The number of aromatic nitrogens is 1. The molecule has 1 aromatic heterocycles. The molecule has 4 atom stereocenters. The highest BCUT2D eigenvalue weighted by Crippen LogP contribution is 2.52. The van der Waals surface area contributed by atoms with Crippen LogP contribution in [0.2, 0.25) is 0 Å². The molecule has 1 aromatic carbocycles. The number of nitrogens with one attached hydrogen (secondary N) is 2. The lowest BCUT2D eigenvalue weighted by Gasteiger charge is -2.57. The van der Waals surface area contributed by atoms with Crippen LogP contribution in [0.5, 0.6) is 0 Å². The number of hydrogen-bond acceptors (Lipinski definition) is 5. The first-order chi connectivity index (χ1) is 16.1. The minimum absolute atomic E-state index is 0.00352. The number of hydrogen-bond donors (Lipinski definition) is 2. The van der Waals surface area contributed by atoms with Gasteiger partial charge in [0.2, 0.25) is 5.91 Å². The minimum Gasteiger partial charge on any atom is -0.362 e. The Kier molecular flexibility index (Phi) is 5.09. The molecule has 2 amide bonds. The Morgan fingerprint density at radius 3 is 2.61 bits per heavy atom. The number of carbonyl (C=O) groups excluding carboxylic acids is 2. The van der Waals surface area contributed by atoms with E-state index >= 15 is 0 Å². The highest BCUT2D eigenvalue weighted by molar-refractivity contribution is 6.02. The van der Waals surface area contributed by atoms with Crippen LogP contribution >= 0.6 is 0 Å². The third-order valence-electron chi connectivity index (χ3n) is 8.25. The molecule has 7 heteroatoms. The molecule has 5 aliphatic rings. The SMILES string of the molecule is O=C1N[C@@]2(CC3CCC2CC3C(=O)N2CCN(Cc3ccccn3)CC2)Nc2ccccc21. The number of anilines is 1. The van der Waals surface area contributed by atoms with Crippen molar-refractivity contribution in [1.29, 1.82) is 0 Å². The van der Waals surface area contributed by atoms with Gasteiger partial charge in [0.25, 0.3) is 5.91 Å². The summed E-state index contributed by atoms with van der Waals surface area (Å²) in [7, 11) is 0. The molecular formula is C26H31N5O2. The lowest BCUT2D eigenvalue weighted by atomic mass is 9.58. The predicted octanol–water partition coefficient (Wildman–Crippen LogP) is 2.71. The number of para-hydroxylation sites is 1. The van der Waals surface area contributed by atoms with Crippen molar-refractivity contribution in [2.24, 2.45) is 17.8 Å². The molecule has 3 heterocycles. The van der Waals surface area contributed by atoms with Crippen LogP contribution in [-0.2, 0) is 11.3 Å². The zero-order chi connectivity index (χ0) is 22.4. The van der Waals surface area contributed by atoms with Crippen LogP contribution in [-0.4, -0.2) is 58.4 Å². The van der Waals surface area contributed by atoms with E-state index in [1.807, 2.05) is 42.6 Å². The Hall–Kier alpha value is -2.93. The third kappa shape index (κ3) is 3.68. The maximum Gasteiger partial charge on any atom is 0.255 e. The maximum absolute atomic E-state index is 13.5. The first kappa shape index (κ1) is 20.7. The number of rotatable bonds is 3. The number of piperazine rings is 1. The molecule has 2 aliphatic heterocycles. The van der Waals surface area contributed by atoms with Crippen LogP contribution in [0.25, 0.3) is 0 Å². The molecular weight excluding hydrogens is 414 g/mol. The van der Waals surface area contributed by atoms with Crippen molar-refractivity contribution in [3.8, 4) is 0 Å². The number of fused-ring (bicyclic) bond motifs is 3. The quantitative estimate of drug-likeness (QED) is 0.760.